The van der Waals surface area contributed by atoms with Gasteiger partial charge >= 0.3 is 0 Å². The molecule has 10 nitrogen and oxygen atoms in total. The summed E-state index contributed by atoms with van der Waals surface area (Å²) in [7, 11) is 1.52. The van der Waals surface area contributed by atoms with E-state index in [-0.39, 0.29) is 17.3 Å². The van der Waals surface area contributed by atoms with Crippen LogP contribution in [0.1, 0.15) is 11.4 Å². The average Bonchev–Trinajstić information content (AvgIpc) is 3.49. The van der Waals surface area contributed by atoms with Gasteiger partial charge in [0.05, 0.1) is 49.3 Å². The maximum atomic E-state index is 13.1. The van der Waals surface area contributed by atoms with Gasteiger partial charge in [-0.05, 0) is 37.3 Å². The molecule has 0 saturated carbocycles. The topological polar surface area (TPSA) is 106 Å². The number of pyridine rings is 2. The third-order valence-electron chi connectivity index (χ3n) is 5.41. The molecule has 0 aliphatic carbocycles. The number of aryl methyl sites for hydroxylation is 1. The molecule has 0 unspecified atom stereocenters. The Morgan fingerprint density at radius 1 is 0.861 bits per heavy atom. The zero-order valence-electron chi connectivity index (χ0n) is 18.9. The van der Waals surface area contributed by atoms with Crippen molar-refractivity contribution in [2.24, 2.45) is 0 Å². The number of benzene rings is 1. The number of rotatable bonds is 6. The SMILES string of the molecule is COc1cn(Cc2cn(-c3ccc(Cl)nc3C)nn2)c(=O)cc1-c1cc(Cl)ccc1-n1cc(Cl)nn1. The maximum Gasteiger partial charge on any atom is 0.251 e. The molecule has 0 amide bonds. The molecule has 0 saturated heterocycles. The van der Waals surface area contributed by atoms with Crippen LogP contribution in [0.3, 0.4) is 0 Å². The highest BCUT2D eigenvalue weighted by Gasteiger charge is 2.17. The molecule has 5 aromatic rings. The van der Waals surface area contributed by atoms with Gasteiger partial charge in [0.2, 0.25) is 0 Å². The molecule has 4 heterocycles. The fraction of sp³-hybridized carbons (Fsp3) is 0.130. The number of hydrogen-bond donors (Lipinski definition) is 0. The van der Waals surface area contributed by atoms with Crippen LogP contribution in [0.2, 0.25) is 15.3 Å². The molecule has 0 atom stereocenters. The smallest absolute Gasteiger partial charge is 0.251 e. The van der Waals surface area contributed by atoms with Crippen LogP contribution in [0.4, 0.5) is 0 Å². The van der Waals surface area contributed by atoms with E-state index >= 15 is 0 Å². The second-order valence-corrected chi connectivity index (χ2v) is 8.97. The number of aromatic nitrogens is 8. The van der Waals surface area contributed by atoms with Gasteiger partial charge in [0, 0.05) is 22.2 Å². The molecule has 0 fully saturated rings. The van der Waals surface area contributed by atoms with Crippen LogP contribution in [-0.4, -0.2) is 46.6 Å². The summed E-state index contributed by atoms with van der Waals surface area (Å²) in [5, 5.41) is 17.3. The zero-order chi connectivity index (χ0) is 25.4. The molecule has 1 aromatic carbocycles. The van der Waals surface area contributed by atoms with Gasteiger partial charge in [-0.25, -0.2) is 14.3 Å². The van der Waals surface area contributed by atoms with Crippen LogP contribution in [-0.2, 0) is 6.54 Å². The lowest BCUT2D eigenvalue weighted by Crippen LogP contribution is -2.20. The lowest BCUT2D eigenvalue weighted by molar-refractivity contribution is 0.410. The first kappa shape index (κ1) is 24.0. The number of nitrogens with zero attached hydrogens (tertiary/aromatic N) is 8. The Balaban J connectivity index is 1.52. The van der Waals surface area contributed by atoms with Crippen molar-refractivity contribution in [3.8, 4) is 28.3 Å². The van der Waals surface area contributed by atoms with Crippen molar-refractivity contribution < 1.29 is 4.74 Å². The fourth-order valence-corrected chi connectivity index (χ4v) is 4.25. The molecule has 0 aliphatic rings. The highest BCUT2D eigenvalue weighted by Crippen LogP contribution is 2.35. The molecule has 182 valence electrons. The monoisotopic (exact) mass is 542 g/mol. The second-order valence-electron chi connectivity index (χ2n) is 7.76. The lowest BCUT2D eigenvalue weighted by Gasteiger charge is -2.15. The molecule has 0 N–H and O–H groups in total. The summed E-state index contributed by atoms with van der Waals surface area (Å²) >= 11 is 18.2. The van der Waals surface area contributed by atoms with E-state index in [4.69, 9.17) is 39.5 Å². The maximum absolute atomic E-state index is 13.1. The van der Waals surface area contributed by atoms with Crippen LogP contribution in [0, 0.1) is 6.92 Å². The van der Waals surface area contributed by atoms with E-state index in [0.29, 0.717) is 44.1 Å². The first-order valence-electron chi connectivity index (χ1n) is 10.5. The van der Waals surface area contributed by atoms with E-state index in [0.717, 1.165) is 5.69 Å². The molecular formula is C23H17Cl3N8O2. The van der Waals surface area contributed by atoms with Crippen molar-refractivity contribution >= 4 is 34.8 Å². The van der Waals surface area contributed by atoms with Crippen LogP contribution < -0.4 is 10.3 Å². The van der Waals surface area contributed by atoms with E-state index in [2.05, 4.69) is 25.6 Å². The van der Waals surface area contributed by atoms with Gasteiger partial charge in [-0.1, -0.05) is 45.2 Å². The Hall–Kier alpha value is -3.73. The largest absolute Gasteiger partial charge is 0.495 e. The summed E-state index contributed by atoms with van der Waals surface area (Å²) in [5.74, 6) is 0.453. The summed E-state index contributed by atoms with van der Waals surface area (Å²) in [4.78, 5) is 17.4. The van der Waals surface area contributed by atoms with E-state index in [1.165, 1.54) is 22.4 Å². The quantitative estimate of drug-likeness (QED) is 0.292. The first-order valence-corrected chi connectivity index (χ1v) is 11.7. The minimum atomic E-state index is -0.271. The minimum absolute atomic E-state index is 0.177. The van der Waals surface area contributed by atoms with Crippen LogP contribution in [0.25, 0.3) is 22.5 Å². The predicted octanol–water partition coefficient (Wildman–Crippen LogP) is 4.40. The van der Waals surface area contributed by atoms with Gasteiger partial charge < -0.3 is 9.30 Å². The number of methoxy groups -OCH3 is 1. The third kappa shape index (κ3) is 4.70. The van der Waals surface area contributed by atoms with Crippen LogP contribution in [0.15, 0.2) is 59.8 Å². The standard InChI is InChI=1S/C23H17Cl3N8O2/c1-13-18(5-6-21(25)27-13)33-10-15(28-30-33)9-32-11-20(36-2)17(8-23(32)35)16-7-14(24)3-4-19(16)34-12-22(26)29-31-34/h3-8,10-12H,9H2,1-2H3. The first-order chi connectivity index (χ1) is 17.3. The Morgan fingerprint density at radius 2 is 1.61 bits per heavy atom. The third-order valence-corrected chi connectivity index (χ3v) is 6.03. The predicted molar refractivity (Wildman–Crippen MR) is 136 cm³/mol. The van der Waals surface area contributed by atoms with Gasteiger partial charge in [0.25, 0.3) is 5.56 Å². The Kier molecular flexibility index (Phi) is 6.48. The normalized spacial score (nSPS) is 11.1. The zero-order valence-corrected chi connectivity index (χ0v) is 21.2. The van der Waals surface area contributed by atoms with Gasteiger partial charge in [0.15, 0.2) is 5.15 Å². The average molecular weight is 544 g/mol. The Labute approximate surface area is 219 Å². The molecule has 0 radical (unpaired) electrons. The fourth-order valence-electron chi connectivity index (χ4n) is 3.76. The summed E-state index contributed by atoms with van der Waals surface area (Å²) in [6, 6.07) is 10.2. The van der Waals surface area contributed by atoms with Crippen molar-refractivity contribution in [1.29, 1.82) is 0 Å². The van der Waals surface area contributed by atoms with E-state index in [1.54, 1.807) is 53.6 Å². The number of ether oxygens (including phenoxy) is 1. The highest BCUT2D eigenvalue weighted by atomic mass is 35.5. The summed E-state index contributed by atoms with van der Waals surface area (Å²) < 4.78 is 10.2. The van der Waals surface area contributed by atoms with Gasteiger partial charge in [-0.2, -0.15) is 0 Å². The summed E-state index contributed by atoms with van der Waals surface area (Å²) in [6.07, 6.45) is 4.91. The van der Waals surface area contributed by atoms with Gasteiger partial charge in [0.1, 0.15) is 16.6 Å². The summed E-state index contributed by atoms with van der Waals surface area (Å²) in [5.41, 5.74) is 3.53. The highest BCUT2D eigenvalue weighted by molar-refractivity contribution is 6.31. The van der Waals surface area contributed by atoms with E-state index in [1.807, 2.05) is 6.92 Å². The Morgan fingerprint density at radius 3 is 2.33 bits per heavy atom. The molecule has 4 aromatic heterocycles. The number of halogens is 3. The lowest BCUT2D eigenvalue weighted by atomic mass is 10.0. The second kappa shape index (κ2) is 9.73. The molecule has 36 heavy (non-hydrogen) atoms. The van der Waals surface area contributed by atoms with Crippen LogP contribution >= 0.6 is 34.8 Å². The molecular weight excluding hydrogens is 527 g/mol. The van der Waals surface area contributed by atoms with Crippen molar-refractivity contribution in [3.05, 3.63) is 92.1 Å². The molecule has 5 rings (SSSR count). The minimum Gasteiger partial charge on any atom is -0.495 e. The molecule has 0 bridgehead atoms. The van der Waals surface area contributed by atoms with Gasteiger partial charge in [-0.15, -0.1) is 10.2 Å². The summed E-state index contributed by atoms with van der Waals surface area (Å²) in [6.45, 7) is 2.00. The number of hydrogen-bond acceptors (Lipinski definition) is 7. The van der Waals surface area contributed by atoms with Crippen LogP contribution in [0.5, 0.6) is 5.75 Å². The Bertz CT molecular complexity index is 1640. The van der Waals surface area contributed by atoms with E-state index in [9.17, 15) is 4.79 Å². The van der Waals surface area contributed by atoms with Crippen molar-refractivity contribution in [3.63, 3.8) is 0 Å². The van der Waals surface area contributed by atoms with Crippen molar-refractivity contribution in [2.45, 2.75) is 13.5 Å². The molecule has 0 aliphatic heterocycles. The van der Waals surface area contributed by atoms with Gasteiger partial charge in [-0.3, -0.25) is 4.79 Å². The van der Waals surface area contributed by atoms with E-state index < -0.39 is 0 Å². The van der Waals surface area contributed by atoms with Crippen molar-refractivity contribution in [1.82, 2.24) is 39.5 Å². The van der Waals surface area contributed by atoms with Crippen molar-refractivity contribution in [2.75, 3.05) is 7.11 Å². The molecule has 13 heteroatoms. The molecule has 0 spiro atoms.